The molecule has 0 spiro atoms. The van der Waals surface area contributed by atoms with Crippen LogP contribution in [0.5, 0.6) is 11.5 Å². The summed E-state index contributed by atoms with van der Waals surface area (Å²) in [5.41, 5.74) is -0.386. The molecule has 2 N–H and O–H groups in total. The van der Waals surface area contributed by atoms with E-state index < -0.39 is 28.7 Å². The zero-order chi connectivity index (χ0) is 18.9. The molecular formula is C17H14ClF3N2O3. The van der Waals surface area contributed by atoms with Crippen LogP contribution in [0.3, 0.4) is 0 Å². The maximum atomic E-state index is 12.9. The van der Waals surface area contributed by atoms with Crippen LogP contribution < -0.4 is 20.1 Å². The maximum Gasteiger partial charge on any atom is 0.417 e. The lowest BCUT2D eigenvalue weighted by molar-refractivity contribution is -0.137. The number of fused-ring (bicyclic) bond motifs is 1. The van der Waals surface area contributed by atoms with Crippen molar-refractivity contribution in [3.63, 3.8) is 0 Å². The second kappa shape index (κ2) is 6.95. The number of rotatable bonds is 4. The van der Waals surface area contributed by atoms with Gasteiger partial charge in [-0.3, -0.25) is 4.79 Å². The summed E-state index contributed by atoms with van der Waals surface area (Å²) in [7, 11) is 0. The highest BCUT2D eigenvalue weighted by Crippen LogP contribution is 2.36. The average Bonchev–Trinajstić information content (AvgIpc) is 3.03. The molecule has 26 heavy (non-hydrogen) atoms. The molecule has 0 aliphatic carbocycles. The molecule has 0 fully saturated rings. The Morgan fingerprint density at radius 3 is 2.54 bits per heavy atom. The molecule has 1 aliphatic rings. The number of halogens is 4. The molecule has 2 aromatic carbocycles. The summed E-state index contributed by atoms with van der Waals surface area (Å²) >= 11 is 5.57. The average molecular weight is 387 g/mol. The van der Waals surface area contributed by atoms with Crippen LogP contribution in [0, 0.1) is 0 Å². The summed E-state index contributed by atoms with van der Waals surface area (Å²) in [6.45, 7) is 1.72. The first-order chi connectivity index (χ1) is 12.2. The van der Waals surface area contributed by atoms with Gasteiger partial charge in [-0.2, -0.15) is 13.2 Å². The van der Waals surface area contributed by atoms with Gasteiger partial charge in [-0.05, 0) is 37.3 Å². The van der Waals surface area contributed by atoms with Crippen molar-refractivity contribution in [2.45, 2.75) is 19.1 Å². The van der Waals surface area contributed by atoms with Gasteiger partial charge in [-0.15, -0.1) is 0 Å². The van der Waals surface area contributed by atoms with E-state index in [0.29, 0.717) is 17.2 Å². The molecule has 2 aromatic rings. The molecule has 1 amide bonds. The van der Waals surface area contributed by atoms with Crippen LogP contribution in [-0.2, 0) is 11.0 Å². The first kappa shape index (κ1) is 18.2. The Morgan fingerprint density at radius 1 is 1.12 bits per heavy atom. The van der Waals surface area contributed by atoms with Crippen molar-refractivity contribution in [3.8, 4) is 11.5 Å². The number of alkyl halides is 3. The first-order valence-electron chi connectivity index (χ1n) is 7.58. The van der Waals surface area contributed by atoms with E-state index in [1.165, 1.54) is 6.07 Å². The monoisotopic (exact) mass is 386 g/mol. The Kier molecular flexibility index (Phi) is 4.86. The molecule has 0 bridgehead atoms. The van der Waals surface area contributed by atoms with Gasteiger partial charge < -0.3 is 20.1 Å². The lowest BCUT2D eigenvalue weighted by Crippen LogP contribution is -2.31. The second-order valence-electron chi connectivity index (χ2n) is 5.62. The number of hydrogen-bond acceptors (Lipinski definition) is 4. The van der Waals surface area contributed by atoms with Crippen molar-refractivity contribution in [3.05, 3.63) is 47.0 Å². The summed E-state index contributed by atoms with van der Waals surface area (Å²) in [6.07, 6.45) is -4.60. The molecule has 1 atom stereocenters. The van der Waals surface area contributed by atoms with E-state index in [1.54, 1.807) is 25.1 Å². The summed E-state index contributed by atoms with van der Waals surface area (Å²) in [5, 5.41) is 4.96. The van der Waals surface area contributed by atoms with Crippen LogP contribution in [0.2, 0.25) is 5.02 Å². The Hall–Kier alpha value is -2.61. The number of benzene rings is 2. The number of carbonyl (C=O) groups excluding carboxylic acids is 1. The van der Waals surface area contributed by atoms with E-state index in [2.05, 4.69) is 10.6 Å². The Bertz CT molecular complexity index is 842. The van der Waals surface area contributed by atoms with Crippen molar-refractivity contribution in [2.24, 2.45) is 0 Å². The fraction of sp³-hybridized carbons (Fsp3) is 0.235. The van der Waals surface area contributed by atoms with Gasteiger partial charge in [-0.25, -0.2) is 0 Å². The van der Waals surface area contributed by atoms with Crippen LogP contribution in [0.1, 0.15) is 12.5 Å². The Balaban J connectivity index is 1.68. The minimum Gasteiger partial charge on any atom is -0.454 e. The topological polar surface area (TPSA) is 59.6 Å². The number of amides is 1. The molecule has 0 saturated carbocycles. The van der Waals surface area contributed by atoms with Crippen molar-refractivity contribution >= 4 is 28.9 Å². The van der Waals surface area contributed by atoms with E-state index in [4.69, 9.17) is 21.1 Å². The molecule has 9 heteroatoms. The number of carbonyl (C=O) groups is 1. The molecule has 0 unspecified atom stereocenters. The van der Waals surface area contributed by atoms with Crippen LogP contribution in [0.25, 0.3) is 0 Å². The van der Waals surface area contributed by atoms with Crippen molar-refractivity contribution in [1.82, 2.24) is 0 Å². The number of anilines is 2. The van der Waals surface area contributed by atoms with Gasteiger partial charge in [-0.1, -0.05) is 11.6 Å². The minimum atomic E-state index is -4.60. The summed E-state index contributed by atoms with van der Waals surface area (Å²) in [5.74, 6) is 0.654. The molecule has 1 aliphatic heterocycles. The van der Waals surface area contributed by atoms with Gasteiger partial charge >= 0.3 is 6.18 Å². The van der Waals surface area contributed by atoms with E-state index in [9.17, 15) is 18.0 Å². The SMILES string of the molecule is C[C@H](Nc1ccc2c(c1)OCO2)C(=O)Nc1ccc(Cl)c(C(F)(F)F)c1. The number of hydrogen-bond donors (Lipinski definition) is 2. The van der Waals surface area contributed by atoms with Gasteiger partial charge in [0.15, 0.2) is 11.5 Å². The van der Waals surface area contributed by atoms with E-state index in [1.807, 2.05) is 0 Å². The van der Waals surface area contributed by atoms with Gasteiger partial charge in [0.25, 0.3) is 0 Å². The van der Waals surface area contributed by atoms with Crippen LogP contribution in [-0.4, -0.2) is 18.7 Å². The van der Waals surface area contributed by atoms with E-state index in [0.717, 1.165) is 12.1 Å². The van der Waals surface area contributed by atoms with Gasteiger partial charge in [0.1, 0.15) is 6.04 Å². The largest absolute Gasteiger partial charge is 0.454 e. The quantitative estimate of drug-likeness (QED) is 0.810. The lowest BCUT2D eigenvalue weighted by Gasteiger charge is -2.17. The van der Waals surface area contributed by atoms with Gasteiger partial charge in [0.2, 0.25) is 12.7 Å². The highest BCUT2D eigenvalue weighted by molar-refractivity contribution is 6.31. The molecule has 0 aromatic heterocycles. The summed E-state index contributed by atoms with van der Waals surface area (Å²) in [4.78, 5) is 12.3. The Morgan fingerprint density at radius 2 is 1.81 bits per heavy atom. The highest BCUT2D eigenvalue weighted by atomic mass is 35.5. The fourth-order valence-corrected chi connectivity index (χ4v) is 2.60. The third-order valence-electron chi connectivity index (χ3n) is 3.69. The van der Waals surface area contributed by atoms with Crippen LogP contribution in [0.15, 0.2) is 36.4 Å². The lowest BCUT2D eigenvalue weighted by atomic mass is 10.2. The molecule has 3 rings (SSSR count). The van der Waals surface area contributed by atoms with Crippen LogP contribution >= 0.6 is 11.6 Å². The van der Waals surface area contributed by atoms with Crippen molar-refractivity contribution in [2.75, 3.05) is 17.4 Å². The minimum absolute atomic E-state index is 0.00561. The normalized spacial score (nSPS) is 14.0. The first-order valence-corrected chi connectivity index (χ1v) is 7.95. The van der Waals surface area contributed by atoms with Crippen molar-refractivity contribution in [1.29, 1.82) is 0 Å². The molecule has 0 radical (unpaired) electrons. The Labute approximate surface area is 152 Å². The molecule has 5 nitrogen and oxygen atoms in total. The third kappa shape index (κ3) is 3.96. The van der Waals surface area contributed by atoms with Crippen molar-refractivity contribution < 1.29 is 27.4 Å². The van der Waals surface area contributed by atoms with E-state index >= 15 is 0 Å². The maximum absolute atomic E-state index is 12.9. The number of nitrogens with one attached hydrogen (secondary N) is 2. The van der Waals surface area contributed by atoms with Gasteiger partial charge in [0, 0.05) is 17.4 Å². The summed E-state index contributed by atoms with van der Waals surface area (Å²) < 4.78 is 49.1. The van der Waals surface area contributed by atoms with E-state index in [-0.39, 0.29) is 12.5 Å². The fourth-order valence-electron chi connectivity index (χ4n) is 2.37. The molecule has 0 saturated heterocycles. The zero-order valence-electron chi connectivity index (χ0n) is 13.5. The molecular weight excluding hydrogens is 373 g/mol. The van der Waals surface area contributed by atoms with Crippen LogP contribution in [0.4, 0.5) is 24.5 Å². The molecule has 1 heterocycles. The second-order valence-corrected chi connectivity index (χ2v) is 6.02. The smallest absolute Gasteiger partial charge is 0.417 e. The highest BCUT2D eigenvalue weighted by Gasteiger charge is 2.33. The standard InChI is InChI=1S/C17H14ClF3N2O3/c1-9(22-11-3-5-14-15(7-11)26-8-25-14)16(24)23-10-2-4-13(18)12(6-10)17(19,20)21/h2-7,9,22H,8H2,1H3,(H,23,24)/t9-/m0/s1. The predicted molar refractivity (Wildman–Crippen MR) is 90.7 cm³/mol. The zero-order valence-corrected chi connectivity index (χ0v) is 14.2. The number of ether oxygens (including phenoxy) is 2. The molecule has 138 valence electrons. The summed E-state index contributed by atoms with van der Waals surface area (Å²) in [6, 6.07) is 7.58. The predicted octanol–water partition coefficient (Wildman–Crippen LogP) is 4.53. The van der Waals surface area contributed by atoms with Gasteiger partial charge in [0.05, 0.1) is 10.6 Å². The third-order valence-corrected chi connectivity index (χ3v) is 4.02.